The molecule has 8 heteroatoms. The number of phenolic OH excluding ortho intramolecular Hbond substituents is 1. The van der Waals surface area contributed by atoms with E-state index in [1.165, 1.54) is 13.2 Å². The van der Waals surface area contributed by atoms with Crippen LogP contribution in [0.5, 0.6) is 5.75 Å². The van der Waals surface area contributed by atoms with Crippen molar-refractivity contribution in [2.75, 3.05) is 33.4 Å². The second kappa shape index (κ2) is 7.51. The first-order valence-electron chi connectivity index (χ1n) is 9.87. The number of likely N-dealkylation sites (tertiary alicyclic amines) is 1. The molecule has 2 N–H and O–H groups in total. The molecule has 8 nitrogen and oxygen atoms in total. The predicted octanol–water partition coefficient (Wildman–Crippen LogP) is 1.59. The van der Waals surface area contributed by atoms with Crippen molar-refractivity contribution in [3.8, 4) is 5.75 Å². The number of piperidine rings is 1. The van der Waals surface area contributed by atoms with Gasteiger partial charge in [-0.25, -0.2) is 4.98 Å². The van der Waals surface area contributed by atoms with Crippen LogP contribution in [0.1, 0.15) is 40.2 Å². The maximum absolute atomic E-state index is 12.9. The fourth-order valence-corrected chi connectivity index (χ4v) is 4.55. The summed E-state index contributed by atoms with van der Waals surface area (Å²) in [6, 6.07) is 5.00. The zero-order valence-corrected chi connectivity index (χ0v) is 16.8. The molecule has 3 heterocycles. The highest BCUT2D eigenvalue weighted by Gasteiger charge is 2.49. The smallest absolute Gasteiger partial charge is 0.253 e. The molecular weight excluding hydrogens is 372 g/mol. The number of aromatic nitrogens is 2. The van der Waals surface area contributed by atoms with E-state index in [1.807, 2.05) is 4.90 Å². The Balaban J connectivity index is 1.57. The minimum Gasteiger partial charge on any atom is -0.508 e. The molecule has 2 aromatic rings. The second-order valence-electron chi connectivity index (χ2n) is 7.78. The van der Waals surface area contributed by atoms with E-state index >= 15 is 0 Å². The monoisotopic (exact) mass is 398 g/mol. The Morgan fingerprint density at radius 3 is 2.72 bits per heavy atom. The first-order chi connectivity index (χ1) is 14.0. The van der Waals surface area contributed by atoms with Gasteiger partial charge in [0.25, 0.3) is 5.91 Å². The van der Waals surface area contributed by atoms with Crippen LogP contribution in [-0.2, 0) is 21.5 Å². The summed E-state index contributed by atoms with van der Waals surface area (Å²) < 4.78 is 5.09. The highest BCUT2D eigenvalue weighted by molar-refractivity contribution is 5.94. The van der Waals surface area contributed by atoms with Gasteiger partial charge in [-0.3, -0.25) is 9.59 Å². The first kappa shape index (κ1) is 19.4. The number of hydrogen-bond donors (Lipinski definition) is 2. The summed E-state index contributed by atoms with van der Waals surface area (Å²) in [6.45, 7) is 3.46. The standard InChI is InChI=1S/C21H26N4O4/c1-14-3-4-15(11-17(14)26)20(28)24-9-6-21(7-10-24)19-16(22-13-23-19)5-8-25(21)18(27)12-29-2/h3-4,11,13,26H,5-10,12H2,1-2H3,(H,22,23). The summed E-state index contributed by atoms with van der Waals surface area (Å²) in [5, 5.41) is 9.94. The number of methoxy groups -OCH3 is 1. The molecule has 29 heavy (non-hydrogen) atoms. The molecule has 0 aliphatic carbocycles. The number of fused-ring (bicyclic) bond motifs is 2. The average molecular weight is 398 g/mol. The number of amides is 2. The van der Waals surface area contributed by atoms with Gasteiger partial charge in [0.05, 0.1) is 17.6 Å². The summed E-state index contributed by atoms with van der Waals surface area (Å²) >= 11 is 0. The van der Waals surface area contributed by atoms with Crippen molar-refractivity contribution in [3.63, 3.8) is 0 Å². The van der Waals surface area contributed by atoms with Crippen molar-refractivity contribution in [2.45, 2.75) is 31.7 Å². The lowest BCUT2D eigenvalue weighted by atomic mass is 9.78. The van der Waals surface area contributed by atoms with Crippen LogP contribution in [0.4, 0.5) is 0 Å². The Bertz CT molecular complexity index is 931. The minimum atomic E-state index is -0.518. The molecule has 0 radical (unpaired) electrons. The molecule has 0 saturated carbocycles. The summed E-state index contributed by atoms with van der Waals surface area (Å²) in [6.07, 6.45) is 3.65. The number of aromatic amines is 1. The Hall–Kier alpha value is -2.87. The second-order valence-corrected chi connectivity index (χ2v) is 7.78. The third-order valence-corrected chi connectivity index (χ3v) is 6.16. The molecule has 2 aliphatic heterocycles. The molecule has 0 atom stereocenters. The zero-order chi connectivity index (χ0) is 20.6. The summed E-state index contributed by atoms with van der Waals surface area (Å²) in [5.74, 6) is -0.0403. The lowest BCUT2D eigenvalue weighted by Gasteiger charge is -2.50. The van der Waals surface area contributed by atoms with E-state index in [2.05, 4.69) is 9.97 Å². The van der Waals surface area contributed by atoms with Gasteiger partial charge in [-0.2, -0.15) is 0 Å². The lowest BCUT2D eigenvalue weighted by Crippen LogP contribution is -2.59. The van der Waals surface area contributed by atoms with E-state index < -0.39 is 5.54 Å². The molecular formula is C21H26N4O4. The molecule has 2 aliphatic rings. The topological polar surface area (TPSA) is 98.8 Å². The van der Waals surface area contributed by atoms with Crippen LogP contribution in [0.2, 0.25) is 0 Å². The molecule has 2 amide bonds. The van der Waals surface area contributed by atoms with Crippen LogP contribution in [0, 0.1) is 6.92 Å². The van der Waals surface area contributed by atoms with Gasteiger partial charge in [0, 0.05) is 44.4 Å². The normalized spacial score (nSPS) is 18.0. The van der Waals surface area contributed by atoms with Crippen molar-refractivity contribution >= 4 is 11.8 Å². The Morgan fingerprint density at radius 1 is 1.28 bits per heavy atom. The van der Waals surface area contributed by atoms with E-state index in [4.69, 9.17) is 4.74 Å². The summed E-state index contributed by atoms with van der Waals surface area (Å²) in [5.41, 5.74) is 2.67. The maximum Gasteiger partial charge on any atom is 0.253 e. The Kier molecular flexibility index (Phi) is 5.04. The van der Waals surface area contributed by atoms with E-state index in [0.29, 0.717) is 38.0 Å². The van der Waals surface area contributed by atoms with Gasteiger partial charge in [0.1, 0.15) is 12.4 Å². The highest BCUT2D eigenvalue weighted by atomic mass is 16.5. The Labute approximate surface area is 169 Å². The quantitative estimate of drug-likeness (QED) is 0.818. The van der Waals surface area contributed by atoms with Crippen LogP contribution in [0.25, 0.3) is 0 Å². The minimum absolute atomic E-state index is 0.0345. The fraction of sp³-hybridized carbons (Fsp3) is 0.476. The molecule has 1 aromatic heterocycles. The predicted molar refractivity (Wildman–Crippen MR) is 106 cm³/mol. The number of H-pyrrole nitrogens is 1. The summed E-state index contributed by atoms with van der Waals surface area (Å²) in [7, 11) is 1.52. The first-order valence-corrected chi connectivity index (χ1v) is 9.87. The van der Waals surface area contributed by atoms with Gasteiger partial charge in [-0.1, -0.05) is 6.07 Å². The highest BCUT2D eigenvalue weighted by Crippen LogP contribution is 2.42. The molecule has 0 unspecified atom stereocenters. The SMILES string of the molecule is COCC(=O)N1CCc2[nH]cnc2C12CCN(C(=O)c1ccc(C)c(O)c1)CC2. The van der Waals surface area contributed by atoms with Gasteiger partial charge < -0.3 is 24.6 Å². The van der Waals surface area contributed by atoms with Crippen molar-refractivity contribution in [1.82, 2.24) is 19.8 Å². The number of carbonyl (C=O) groups is 2. The average Bonchev–Trinajstić information content (AvgIpc) is 3.21. The van der Waals surface area contributed by atoms with Gasteiger partial charge in [0.2, 0.25) is 5.91 Å². The van der Waals surface area contributed by atoms with E-state index in [0.717, 1.165) is 23.4 Å². The largest absolute Gasteiger partial charge is 0.508 e. The number of rotatable bonds is 3. The number of imidazole rings is 1. The molecule has 1 saturated heterocycles. The Morgan fingerprint density at radius 2 is 2.03 bits per heavy atom. The van der Waals surface area contributed by atoms with E-state index in [9.17, 15) is 14.7 Å². The van der Waals surface area contributed by atoms with Crippen LogP contribution >= 0.6 is 0 Å². The molecule has 1 spiro atoms. The number of aromatic hydroxyl groups is 1. The van der Waals surface area contributed by atoms with Crippen LogP contribution in [0.15, 0.2) is 24.5 Å². The fourth-order valence-electron chi connectivity index (χ4n) is 4.55. The number of carbonyl (C=O) groups excluding carboxylic acids is 2. The molecule has 154 valence electrons. The van der Waals surface area contributed by atoms with E-state index in [-0.39, 0.29) is 24.2 Å². The van der Waals surface area contributed by atoms with Crippen molar-refractivity contribution < 1.29 is 19.4 Å². The van der Waals surface area contributed by atoms with Crippen LogP contribution < -0.4 is 0 Å². The van der Waals surface area contributed by atoms with Gasteiger partial charge in [-0.05, 0) is 37.5 Å². The maximum atomic E-state index is 12.9. The van der Waals surface area contributed by atoms with Crippen molar-refractivity contribution in [2.24, 2.45) is 0 Å². The number of nitrogens with zero attached hydrogens (tertiary/aromatic N) is 3. The van der Waals surface area contributed by atoms with Crippen LogP contribution in [-0.4, -0.2) is 70.0 Å². The number of ether oxygens (including phenoxy) is 1. The molecule has 4 rings (SSSR count). The lowest BCUT2D eigenvalue weighted by molar-refractivity contribution is -0.145. The van der Waals surface area contributed by atoms with Crippen molar-refractivity contribution in [1.29, 1.82) is 0 Å². The molecule has 1 fully saturated rings. The third kappa shape index (κ3) is 3.27. The summed E-state index contributed by atoms with van der Waals surface area (Å²) in [4.78, 5) is 37.1. The zero-order valence-electron chi connectivity index (χ0n) is 16.8. The number of hydrogen-bond acceptors (Lipinski definition) is 5. The van der Waals surface area contributed by atoms with Gasteiger partial charge in [-0.15, -0.1) is 0 Å². The number of nitrogens with one attached hydrogen (secondary N) is 1. The van der Waals surface area contributed by atoms with Gasteiger partial charge >= 0.3 is 0 Å². The van der Waals surface area contributed by atoms with Crippen molar-refractivity contribution in [3.05, 3.63) is 47.0 Å². The van der Waals surface area contributed by atoms with Crippen LogP contribution in [0.3, 0.4) is 0 Å². The van der Waals surface area contributed by atoms with E-state index in [1.54, 1.807) is 30.3 Å². The van der Waals surface area contributed by atoms with Gasteiger partial charge in [0.15, 0.2) is 0 Å². The number of aryl methyl sites for hydroxylation is 1. The number of phenols is 1. The molecule has 1 aromatic carbocycles. The molecule has 0 bridgehead atoms. The third-order valence-electron chi connectivity index (χ3n) is 6.16. The number of benzene rings is 1.